The van der Waals surface area contributed by atoms with Crippen LogP contribution >= 0.6 is 0 Å². The van der Waals surface area contributed by atoms with Crippen molar-refractivity contribution in [3.8, 4) is 0 Å². The fourth-order valence-corrected chi connectivity index (χ4v) is 3.27. The van der Waals surface area contributed by atoms with Crippen LogP contribution in [0, 0.1) is 5.92 Å². The van der Waals surface area contributed by atoms with Crippen LogP contribution in [0.1, 0.15) is 43.9 Å². The molecule has 1 aromatic heterocycles. The molecule has 0 saturated heterocycles. The molecule has 0 saturated carbocycles. The number of H-pyrrole nitrogens is 1. The van der Waals surface area contributed by atoms with Crippen molar-refractivity contribution in [1.29, 1.82) is 0 Å². The summed E-state index contributed by atoms with van der Waals surface area (Å²) < 4.78 is 0. The summed E-state index contributed by atoms with van der Waals surface area (Å²) in [5.41, 5.74) is 4.42. The van der Waals surface area contributed by atoms with E-state index in [1.54, 1.807) is 5.56 Å². The lowest BCUT2D eigenvalue weighted by molar-refractivity contribution is 0.389. The minimum absolute atomic E-state index is 0.733. The molecule has 0 aliphatic heterocycles. The Morgan fingerprint density at radius 1 is 1.31 bits per heavy atom. The zero-order valence-corrected chi connectivity index (χ0v) is 10.1. The van der Waals surface area contributed by atoms with Crippen molar-refractivity contribution in [2.75, 3.05) is 0 Å². The highest BCUT2D eigenvalue weighted by Gasteiger charge is 2.27. The van der Waals surface area contributed by atoms with Gasteiger partial charge in [-0.25, -0.2) is 0 Å². The lowest BCUT2D eigenvalue weighted by atomic mass is 9.78. The topological polar surface area (TPSA) is 15.8 Å². The van der Waals surface area contributed by atoms with E-state index in [9.17, 15) is 0 Å². The Balaban J connectivity index is 2.22. The predicted molar refractivity (Wildman–Crippen MR) is 68.8 cm³/mol. The molecule has 2 unspecified atom stereocenters. The van der Waals surface area contributed by atoms with Crippen LogP contribution in [0.3, 0.4) is 0 Å². The molecule has 1 N–H and O–H groups in total. The molecular formula is C15H19N. The van der Waals surface area contributed by atoms with E-state index in [1.807, 2.05) is 0 Å². The van der Waals surface area contributed by atoms with Gasteiger partial charge < -0.3 is 4.98 Å². The number of hydrogen-bond acceptors (Lipinski definition) is 0. The molecule has 1 aromatic carbocycles. The Morgan fingerprint density at radius 2 is 2.12 bits per heavy atom. The number of rotatable bonds is 1. The number of fused-ring (bicyclic) bond motifs is 3. The molecule has 1 heterocycles. The fourth-order valence-electron chi connectivity index (χ4n) is 3.27. The lowest BCUT2D eigenvalue weighted by Crippen LogP contribution is -2.17. The van der Waals surface area contributed by atoms with E-state index in [-0.39, 0.29) is 0 Å². The number of hydrogen-bond donors (Lipinski definition) is 1. The summed E-state index contributed by atoms with van der Waals surface area (Å²) in [5, 5.41) is 1.45. The van der Waals surface area contributed by atoms with Gasteiger partial charge in [0.15, 0.2) is 0 Å². The van der Waals surface area contributed by atoms with Crippen LogP contribution in [0.2, 0.25) is 0 Å². The van der Waals surface area contributed by atoms with E-state index < -0.39 is 0 Å². The Hall–Kier alpha value is -1.24. The summed E-state index contributed by atoms with van der Waals surface area (Å²) in [6.07, 6.45) is 3.84. The van der Waals surface area contributed by atoms with E-state index in [4.69, 9.17) is 0 Å². The van der Waals surface area contributed by atoms with Crippen LogP contribution in [0.15, 0.2) is 24.3 Å². The van der Waals surface area contributed by atoms with Gasteiger partial charge in [-0.3, -0.25) is 0 Å². The molecule has 2 atom stereocenters. The molecule has 0 fully saturated rings. The Labute approximate surface area is 96.9 Å². The molecule has 16 heavy (non-hydrogen) atoms. The molecule has 1 aliphatic rings. The SMILES string of the molecule is CCC1c2[nH]c3ccccc3c2CCC1C. The van der Waals surface area contributed by atoms with Gasteiger partial charge in [0.2, 0.25) is 0 Å². The van der Waals surface area contributed by atoms with E-state index in [0.717, 1.165) is 11.8 Å². The number of benzene rings is 1. The van der Waals surface area contributed by atoms with Crippen molar-refractivity contribution in [3.05, 3.63) is 35.5 Å². The van der Waals surface area contributed by atoms with Crippen LogP contribution in [-0.4, -0.2) is 4.98 Å². The monoisotopic (exact) mass is 213 g/mol. The molecule has 0 radical (unpaired) electrons. The van der Waals surface area contributed by atoms with Gasteiger partial charge in [-0.1, -0.05) is 32.0 Å². The zero-order chi connectivity index (χ0) is 11.1. The zero-order valence-electron chi connectivity index (χ0n) is 10.1. The van der Waals surface area contributed by atoms with Crippen LogP contribution in [0.5, 0.6) is 0 Å². The van der Waals surface area contributed by atoms with Crippen molar-refractivity contribution in [1.82, 2.24) is 4.98 Å². The van der Waals surface area contributed by atoms with E-state index >= 15 is 0 Å². The maximum absolute atomic E-state index is 3.65. The Bertz CT molecular complexity index is 509. The minimum Gasteiger partial charge on any atom is -0.358 e. The first-order valence-corrected chi connectivity index (χ1v) is 6.40. The highest BCUT2D eigenvalue weighted by Crippen LogP contribution is 2.40. The molecule has 3 rings (SSSR count). The molecule has 0 spiro atoms. The van der Waals surface area contributed by atoms with Gasteiger partial charge in [0, 0.05) is 22.5 Å². The molecule has 1 nitrogen and oxygen atoms in total. The lowest BCUT2D eigenvalue weighted by Gasteiger charge is -2.28. The summed E-state index contributed by atoms with van der Waals surface area (Å²) in [4.78, 5) is 3.65. The standard InChI is InChI=1S/C15H19N/c1-3-11-10(2)8-9-13-12-6-4-5-7-14(12)16-15(11)13/h4-7,10-11,16H,3,8-9H2,1-2H3. The predicted octanol–water partition coefficient (Wildman–Crippen LogP) is 4.24. The van der Waals surface area contributed by atoms with E-state index in [1.165, 1.54) is 35.9 Å². The summed E-state index contributed by atoms with van der Waals surface area (Å²) in [5.74, 6) is 1.56. The van der Waals surface area contributed by atoms with Crippen molar-refractivity contribution >= 4 is 10.9 Å². The second-order valence-electron chi connectivity index (χ2n) is 5.09. The molecule has 1 heteroatoms. The van der Waals surface area contributed by atoms with Crippen molar-refractivity contribution in [2.24, 2.45) is 5.92 Å². The number of aryl methyl sites for hydroxylation is 1. The van der Waals surface area contributed by atoms with Gasteiger partial charge in [0.1, 0.15) is 0 Å². The van der Waals surface area contributed by atoms with Crippen LogP contribution in [-0.2, 0) is 6.42 Å². The number of aromatic nitrogens is 1. The highest BCUT2D eigenvalue weighted by atomic mass is 14.7. The summed E-state index contributed by atoms with van der Waals surface area (Å²) in [6.45, 7) is 4.70. The van der Waals surface area contributed by atoms with Crippen molar-refractivity contribution in [3.63, 3.8) is 0 Å². The number of nitrogens with one attached hydrogen (secondary N) is 1. The smallest absolute Gasteiger partial charge is 0.0459 e. The van der Waals surface area contributed by atoms with Crippen LogP contribution < -0.4 is 0 Å². The highest BCUT2D eigenvalue weighted by molar-refractivity contribution is 5.85. The maximum Gasteiger partial charge on any atom is 0.0459 e. The molecule has 0 bridgehead atoms. The molecule has 2 aromatic rings. The van der Waals surface area contributed by atoms with Gasteiger partial charge in [0.25, 0.3) is 0 Å². The first-order valence-electron chi connectivity index (χ1n) is 6.40. The third kappa shape index (κ3) is 1.31. The first-order chi connectivity index (χ1) is 7.81. The van der Waals surface area contributed by atoms with Gasteiger partial charge in [-0.05, 0) is 36.8 Å². The van der Waals surface area contributed by atoms with Gasteiger partial charge in [-0.15, -0.1) is 0 Å². The average molecular weight is 213 g/mol. The second kappa shape index (κ2) is 3.65. The Kier molecular flexibility index (Phi) is 2.27. The number of aromatic amines is 1. The molecular weight excluding hydrogens is 194 g/mol. The molecule has 1 aliphatic carbocycles. The normalized spacial score (nSPS) is 24.6. The molecule has 84 valence electrons. The third-order valence-corrected chi connectivity index (χ3v) is 4.19. The second-order valence-corrected chi connectivity index (χ2v) is 5.09. The van der Waals surface area contributed by atoms with E-state index in [2.05, 4.69) is 43.1 Å². The van der Waals surface area contributed by atoms with Crippen LogP contribution in [0.4, 0.5) is 0 Å². The minimum atomic E-state index is 0.733. The Morgan fingerprint density at radius 3 is 2.94 bits per heavy atom. The maximum atomic E-state index is 3.65. The van der Waals surface area contributed by atoms with Gasteiger partial charge in [0.05, 0.1) is 0 Å². The summed E-state index contributed by atoms with van der Waals surface area (Å²) >= 11 is 0. The van der Waals surface area contributed by atoms with E-state index in [0.29, 0.717) is 0 Å². The van der Waals surface area contributed by atoms with Gasteiger partial charge in [-0.2, -0.15) is 0 Å². The van der Waals surface area contributed by atoms with Crippen LogP contribution in [0.25, 0.3) is 10.9 Å². The fraction of sp³-hybridized carbons (Fsp3) is 0.467. The van der Waals surface area contributed by atoms with Crippen molar-refractivity contribution < 1.29 is 0 Å². The summed E-state index contributed by atoms with van der Waals surface area (Å²) in [6, 6.07) is 8.72. The number of para-hydroxylation sites is 1. The first kappa shape index (κ1) is 9.95. The average Bonchev–Trinajstić information content (AvgIpc) is 2.67. The molecule has 0 amide bonds. The van der Waals surface area contributed by atoms with Gasteiger partial charge >= 0.3 is 0 Å². The quantitative estimate of drug-likeness (QED) is 0.729. The third-order valence-electron chi connectivity index (χ3n) is 4.19. The largest absolute Gasteiger partial charge is 0.358 e. The summed E-state index contributed by atoms with van der Waals surface area (Å²) in [7, 11) is 0. The van der Waals surface area contributed by atoms with Crippen molar-refractivity contribution in [2.45, 2.75) is 39.0 Å².